The second-order valence-electron chi connectivity index (χ2n) is 3.13. The fraction of sp³-hybridized carbons (Fsp3) is 0.273. The molecule has 0 aromatic heterocycles. The van der Waals surface area contributed by atoms with Crippen molar-refractivity contribution in [2.75, 3.05) is 11.5 Å². The summed E-state index contributed by atoms with van der Waals surface area (Å²) >= 11 is 1.73. The van der Waals surface area contributed by atoms with Crippen LogP contribution in [0, 0.1) is 0 Å². The molecule has 74 valence electrons. The predicted molar refractivity (Wildman–Crippen MR) is 64.5 cm³/mol. The normalized spacial score (nSPS) is 25.1. The summed E-state index contributed by atoms with van der Waals surface area (Å²) in [5.41, 5.74) is 1.14. The van der Waals surface area contributed by atoms with Gasteiger partial charge in [0, 0.05) is 5.75 Å². The van der Waals surface area contributed by atoms with E-state index in [1.165, 1.54) is 0 Å². The first-order valence-electron chi connectivity index (χ1n) is 4.64. The minimum Gasteiger partial charge on any atom is -0.254 e. The van der Waals surface area contributed by atoms with E-state index in [9.17, 15) is 4.21 Å². The molecule has 3 heteroatoms. The summed E-state index contributed by atoms with van der Waals surface area (Å²) in [6, 6.07) is 10.1. The molecule has 1 aromatic rings. The Morgan fingerprint density at radius 2 is 2.07 bits per heavy atom. The maximum absolute atomic E-state index is 11.6. The molecule has 1 unspecified atom stereocenters. The Kier molecular flexibility index (Phi) is 3.43. The van der Waals surface area contributed by atoms with Crippen molar-refractivity contribution < 1.29 is 4.21 Å². The van der Waals surface area contributed by atoms with Crippen molar-refractivity contribution in [3.05, 3.63) is 40.1 Å². The van der Waals surface area contributed by atoms with Crippen molar-refractivity contribution >= 4 is 28.6 Å². The fourth-order valence-electron chi connectivity index (χ4n) is 1.32. The van der Waals surface area contributed by atoms with E-state index in [0.29, 0.717) is 0 Å². The van der Waals surface area contributed by atoms with Gasteiger partial charge in [-0.15, -0.1) is 11.8 Å². The van der Waals surface area contributed by atoms with Crippen molar-refractivity contribution in [2.24, 2.45) is 0 Å². The van der Waals surface area contributed by atoms with Crippen LogP contribution in [0.3, 0.4) is 0 Å². The van der Waals surface area contributed by atoms with Crippen LogP contribution < -0.4 is 0 Å². The van der Waals surface area contributed by atoms with Crippen LogP contribution in [-0.2, 0) is 10.8 Å². The average Bonchev–Trinajstić information content (AvgIpc) is 2.23. The Labute approximate surface area is 91.1 Å². The average molecular weight is 224 g/mol. The molecular weight excluding hydrogens is 212 g/mol. The summed E-state index contributed by atoms with van der Waals surface area (Å²) in [6.07, 6.45) is 3.11. The van der Waals surface area contributed by atoms with E-state index in [1.54, 1.807) is 11.8 Å². The Morgan fingerprint density at radius 3 is 2.79 bits per heavy atom. The van der Waals surface area contributed by atoms with Crippen LogP contribution in [0.4, 0.5) is 0 Å². The summed E-state index contributed by atoms with van der Waals surface area (Å²) in [6.45, 7) is 0. The second-order valence-corrected chi connectivity index (χ2v) is 6.06. The van der Waals surface area contributed by atoms with Crippen molar-refractivity contribution in [2.45, 2.75) is 6.42 Å². The zero-order valence-electron chi connectivity index (χ0n) is 7.81. The maximum atomic E-state index is 11.6. The number of benzene rings is 1. The quantitative estimate of drug-likeness (QED) is 0.729. The lowest BCUT2D eigenvalue weighted by Gasteiger charge is -2.12. The zero-order chi connectivity index (χ0) is 9.80. The highest BCUT2D eigenvalue weighted by atomic mass is 32.2. The van der Waals surface area contributed by atoms with E-state index in [-0.39, 0.29) is 0 Å². The molecule has 0 bridgehead atoms. The molecule has 0 radical (unpaired) electrons. The Morgan fingerprint density at radius 1 is 1.29 bits per heavy atom. The molecule has 1 aromatic carbocycles. The number of hydrogen-bond acceptors (Lipinski definition) is 2. The molecule has 14 heavy (non-hydrogen) atoms. The van der Waals surface area contributed by atoms with Gasteiger partial charge in [0.05, 0.1) is 15.0 Å². The number of hydrogen-bond donors (Lipinski definition) is 0. The zero-order valence-corrected chi connectivity index (χ0v) is 9.44. The van der Waals surface area contributed by atoms with Gasteiger partial charge in [-0.1, -0.05) is 30.3 Å². The van der Waals surface area contributed by atoms with Crippen LogP contribution >= 0.6 is 11.8 Å². The van der Waals surface area contributed by atoms with E-state index in [1.807, 2.05) is 36.4 Å². The Bertz CT molecular complexity index is 357. The van der Waals surface area contributed by atoms with Gasteiger partial charge >= 0.3 is 0 Å². The Hall–Kier alpha value is -0.540. The van der Waals surface area contributed by atoms with Crippen molar-refractivity contribution in [3.63, 3.8) is 0 Å². The molecule has 0 saturated carbocycles. The van der Waals surface area contributed by atoms with Gasteiger partial charge in [-0.3, -0.25) is 4.21 Å². The fourth-order valence-corrected chi connectivity index (χ4v) is 4.11. The van der Waals surface area contributed by atoms with Crippen LogP contribution in [0.1, 0.15) is 12.0 Å². The van der Waals surface area contributed by atoms with E-state index in [2.05, 4.69) is 0 Å². The van der Waals surface area contributed by atoms with Gasteiger partial charge in [0.25, 0.3) is 0 Å². The van der Waals surface area contributed by atoms with Crippen LogP contribution in [0.5, 0.6) is 0 Å². The molecule has 0 N–H and O–H groups in total. The van der Waals surface area contributed by atoms with Crippen molar-refractivity contribution in [1.29, 1.82) is 0 Å². The van der Waals surface area contributed by atoms with Crippen LogP contribution in [0.15, 0.2) is 34.6 Å². The summed E-state index contributed by atoms with van der Waals surface area (Å²) in [4.78, 5) is 0. The molecule has 1 aliphatic rings. The molecule has 1 saturated heterocycles. The molecule has 1 nitrogen and oxygen atoms in total. The first-order valence-corrected chi connectivity index (χ1v) is 6.94. The van der Waals surface area contributed by atoms with Gasteiger partial charge in [-0.2, -0.15) is 0 Å². The molecule has 0 aliphatic carbocycles. The number of thioether (sulfide) groups is 1. The van der Waals surface area contributed by atoms with Gasteiger partial charge in [-0.25, -0.2) is 0 Å². The summed E-state index contributed by atoms with van der Waals surface area (Å²) < 4.78 is 12.7. The van der Waals surface area contributed by atoms with Crippen LogP contribution in [0.2, 0.25) is 0 Å². The van der Waals surface area contributed by atoms with Crippen molar-refractivity contribution in [1.82, 2.24) is 0 Å². The summed E-state index contributed by atoms with van der Waals surface area (Å²) in [5, 5.41) is 0. The largest absolute Gasteiger partial charge is 0.254 e. The standard InChI is InChI=1S/C11H12OS2/c12-14-8-4-7-13-11(14)9-10-5-2-1-3-6-10/h1-3,5-6,9H,4,7-8H2/b11-9+. The SMILES string of the molecule is O=S1CCCS/C1=C\c1ccccc1. The van der Waals surface area contributed by atoms with E-state index < -0.39 is 10.8 Å². The van der Waals surface area contributed by atoms with Crippen molar-refractivity contribution in [3.8, 4) is 0 Å². The van der Waals surface area contributed by atoms with Crippen LogP contribution in [0.25, 0.3) is 6.08 Å². The van der Waals surface area contributed by atoms with Crippen LogP contribution in [-0.4, -0.2) is 15.7 Å². The third-order valence-electron chi connectivity index (χ3n) is 2.03. The molecule has 1 atom stereocenters. The maximum Gasteiger partial charge on any atom is 0.0722 e. The van der Waals surface area contributed by atoms with Gasteiger partial charge in [-0.05, 0) is 23.8 Å². The minimum absolute atomic E-state index is 0.754. The topological polar surface area (TPSA) is 17.1 Å². The number of rotatable bonds is 1. The van der Waals surface area contributed by atoms with E-state index in [4.69, 9.17) is 0 Å². The van der Waals surface area contributed by atoms with E-state index in [0.717, 1.165) is 27.7 Å². The predicted octanol–water partition coefficient (Wildman–Crippen LogP) is 2.87. The van der Waals surface area contributed by atoms with Gasteiger partial charge < -0.3 is 0 Å². The van der Waals surface area contributed by atoms with Gasteiger partial charge in [0.2, 0.25) is 0 Å². The molecule has 1 heterocycles. The molecule has 0 amide bonds. The third kappa shape index (κ3) is 2.49. The first kappa shape index (κ1) is 9.99. The molecule has 1 fully saturated rings. The summed E-state index contributed by atoms with van der Waals surface area (Å²) in [5.74, 6) is 1.93. The first-order chi connectivity index (χ1) is 6.86. The summed E-state index contributed by atoms with van der Waals surface area (Å²) in [7, 11) is -0.754. The molecule has 0 spiro atoms. The van der Waals surface area contributed by atoms with E-state index >= 15 is 0 Å². The second kappa shape index (κ2) is 4.80. The van der Waals surface area contributed by atoms with Gasteiger partial charge in [0.15, 0.2) is 0 Å². The molecule has 2 rings (SSSR count). The lowest BCUT2D eigenvalue weighted by Crippen LogP contribution is -2.06. The lowest BCUT2D eigenvalue weighted by molar-refractivity contribution is 0.686. The minimum atomic E-state index is -0.754. The monoisotopic (exact) mass is 224 g/mol. The highest BCUT2D eigenvalue weighted by Crippen LogP contribution is 2.28. The molecular formula is C11H12OS2. The highest BCUT2D eigenvalue weighted by molar-refractivity contribution is 8.17. The highest BCUT2D eigenvalue weighted by Gasteiger charge is 2.13. The lowest BCUT2D eigenvalue weighted by atomic mass is 10.2. The smallest absolute Gasteiger partial charge is 0.0722 e. The Balaban J connectivity index is 2.21. The molecule has 1 aliphatic heterocycles. The third-order valence-corrected chi connectivity index (χ3v) is 5.06. The van der Waals surface area contributed by atoms with Gasteiger partial charge in [0.1, 0.15) is 0 Å².